The lowest BCUT2D eigenvalue weighted by Crippen LogP contribution is -2.30. The molecule has 0 spiro atoms. The van der Waals surface area contributed by atoms with Gasteiger partial charge in [0.05, 0.1) is 0 Å². The Labute approximate surface area is 99.3 Å². The molecule has 0 fully saturated rings. The van der Waals surface area contributed by atoms with Crippen LogP contribution in [0.1, 0.15) is 27.2 Å². The molecular weight excluding hydrogens is 201 g/mol. The van der Waals surface area contributed by atoms with Crippen LogP contribution in [0.25, 0.3) is 0 Å². The van der Waals surface area contributed by atoms with Crippen molar-refractivity contribution in [3.05, 3.63) is 36.0 Å². The van der Waals surface area contributed by atoms with Crippen LogP contribution in [-0.2, 0) is 0 Å². The first-order valence-corrected chi connectivity index (χ1v) is 5.81. The van der Waals surface area contributed by atoms with E-state index in [4.69, 9.17) is 0 Å². The highest BCUT2D eigenvalue weighted by Gasteiger charge is 2.08. The first-order valence-electron chi connectivity index (χ1n) is 5.81. The second-order valence-electron chi connectivity index (χ2n) is 4.22. The van der Waals surface area contributed by atoms with Crippen molar-refractivity contribution in [1.82, 2.24) is 4.90 Å². The second-order valence-corrected chi connectivity index (χ2v) is 4.22. The molecule has 0 aromatic carbocycles. The molecule has 16 heavy (non-hydrogen) atoms. The quantitative estimate of drug-likeness (QED) is 0.596. The Balaban J connectivity index is 4.31. The first-order chi connectivity index (χ1) is 7.52. The lowest BCUT2D eigenvalue weighted by Gasteiger charge is -2.24. The third-order valence-corrected chi connectivity index (χ3v) is 2.76. The van der Waals surface area contributed by atoms with Crippen LogP contribution in [0, 0.1) is 0 Å². The summed E-state index contributed by atoms with van der Waals surface area (Å²) in [5.41, 5.74) is 1.79. The Morgan fingerprint density at radius 2 is 2.12 bits per heavy atom. The Kier molecular flexibility index (Phi) is 7.82. The van der Waals surface area contributed by atoms with E-state index in [-0.39, 0.29) is 0 Å². The third kappa shape index (κ3) is 5.86. The van der Waals surface area contributed by atoms with Gasteiger partial charge in [-0.15, -0.1) is 0 Å². The predicted octanol–water partition coefficient (Wildman–Crippen LogP) is 3.74. The summed E-state index contributed by atoms with van der Waals surface area (Å²) in [7, 11) is 2.12. The topological polar surface area (TPSA) is 3.24 Å². The summed E-state index contributed by atoms with van der Waals surface area (Å²) in [6.07, 6.45) is 6.77. The van der Waals surface area contributed by atoms with E-state index >= 15 is 0 Å². The van der Waals surface area contributed by atoms with Gasteiger partial charge >= 0.3 is 0 Å². The van der Waals surface area contributed by atoms with E-state index in [1.165, 1.54) is 5.57 Å². The summed E-state index contributed by atoms with van der Waals surface area (Å²) in [5, 5.41) is 0. The van der Waals surface area contributed by atoms with Gasteiger partial charge in [-0.25, -0.2) is 4.39 Å². The molecule has 0 aromatic heterocycles. The Hall–Kier alpha value is -0.890. The Bertz CT molecular complexity index is 266. The summed E-state index contributed by atoms with van der Waals surface area (Å²) in [5.74, 6) is 0. The maximum atomic E-state index is 12.1. The molecule has 0 saturated heterocycles. The number of allylic oxidation sites excluding steroid dienone is 4. The fourth-order valence-electron chi connectivity index (χ4n) is 1.41. The first kappa shape index (κ1) is 15.1. The molecule has 0 rings (SSSR count). The number of alkyl halides is 1. The van der Waals surface area contributed by atoms with E-state index in [9.17, 15) is 4.39 Å². The fraction of sp³-hybridized carbons (Fsp3) is 0.571. The van der Waals surface area contributed by atoms with E-state index < -0.39 is 6.67 Å². The highest BCUT2D eigenvalue weighted by atomic mass is 19.1. The van der Waals surface area contributed by atoms with Crippen molar-refractivity contribution < 1.29 is 4.39 Å². The van der Waals surface area contributed by atoms with Crippen LogP contribution in [0.4, 0.5) is 4.39 Å². The zero-order valence-electron chi connectivity index (χ0n) is 11.0. The summed E-state index contributed by atoms with van der Waals surface area (Å²) < 4.78 is 12.1. The molecule has 0 radical (unpaired) electrons. The van der Waals surface area contributed by atoms with Crippen LogP contribution in [0.2, 0.25) is 0 Å². The summed E-state index contributed by atoms with van der Waals surface area (Å²) in [6, 6.07) is 0.420. The minimum Gasteiger partial charge on any atom is -0.300 e. The maximum Gasteiger partial charge on any atom is 0.114 e. The zero-order valence-corrected chi connectivity index (χ0v) is 11.0. The van der Waals surface area contributed by atoms with Crippen molar-refractivity contribution in [3.63, 3.8) is 0 Å². The van der Waals surface area contributed by atoms with Gasteiger partial charge in [0.15, 0.2) is 0 Å². The van der Waals surface area contributed by atoms with Crippen LogP contribution in [-0.4, -0.2) is 31.2 Å². The normalized spacial score (nSPS) is 14.8. The molecule has 0 N–H and O–H groups in total. The van der Waals surface area contributed by atoms with Gasteiger partial charge in [-0.3, -0.25) is 4.90 Å². The van der Waals surface area contributed by atoms with E-state index in [0.29, 0.717) is 11.6 Å². The maximum absolute atomic E-state index is 12.1. The van der Waals surface area contributed by atoms with Gasteiger partial charge in [0.25, 0.3) is 0 Å². The summed E-state index contributed by atoms with van der Waals surface area (Å²) >= 11 is 0. The monoisotopic (exact) mass is 225 g/mol. The van der Waals surface area contributed by atoms with Crippen molar-refractivity contribution in [1.29, 1.82) is 0 Å². The number of halogens is 1. The van der Waals surface area contributed by atoms with Gasteiger partial charge in [0.1, 0.15) is 6.67 Å². The lowest BCUT2D eigenvalue weighted by molar-refractivity contribution is 0.287. The molecule has 0 bridgehead atoms. The number of likely N-dealkylation sites (N-methyl/N-ethyl adjacent to an activating group) is 1. The Morgan fingerprint density at radius 3 is 2.62 bits per heavy atom. The summed E-state index contributed by atoms with van der Waals surface area (Å²) in [4.78, 5) is 2.31. The summed E-state index contributed by atoms with van der Waals surface area (Å²) in [6.45, 7) is 10.6. The van der Waals surface area contributed by atoms with Crippen LogP contribution in [0.3, 0.4) is 0 Å². The second kappa shape index (κ2) is 8.28. The Morgan fingerprint density at radius 1 is 1.50 bits per heavy atom. The zero-order chi connectivity index (χ0) is 12.6. The van der Waals surface area contributed by atoms with Crippen molar-refractivity contribution in [2.24, 2.45) is 0 Å². The average molecular weight is 225 g/mol. The van der Waals surface area contributed by atoms with Crippen molar-refractivity contribution >= 4 is 0 Å². The molecule has 2 heteroatoms. The van der Waals surface area contributed by atoms with E-state index in [1.807, 2.05) is 12.2 Å². The smallest absolute Gasteiger partial charge is 0.114 e. The SMILES string of the molecule is C=C(/C=C\C=C(/C)C(C)N(C)CCC)CF. The van der Waals surface area contributed by atoms with Gasteiger partial charge in [0, 0.05) is 6.04 Å². The molecule has 0 aliphatic rings. The van der Waals surface area contributed by atoms with Crippen LogP contribution >= 0.6 is 0 Å². The lowest BCUT2D eigenvalue weighted by atomic mass is 10.1. The molecule has 0 aromatic rings. The average Bonchev–Trinajstić information content (AvgIpc) is 2.27. The molecule has 0 amide bonds. The van der Waals surface area contributed by atoms with Crippen LogP contribution in [0.15, 0.2) is 36.0 Å². The van der Waals surface area contributed by atoms with Gasteiger partial charge in [-0.05, 0) is 39.4 Å². The number of rotatable bonds is 7. The standard InChI is InChI=1S/C14H24FN/c1-6-10-16(5)14(4)13(3)9-7-8-12(2)11-15/h7-9,14H,2,6,10-11H2,1,3-5H3/b8-7-,13-9+. The highest BCUT2D eigenvalue weighted by molar-refractivity contribution is 5.23. The molecular formula is C14H24FN. The van der Waals surface area contributed by atoms with E-state index in [1.54, 1.807) is 6.08 Å². The predicted molar refractivity (Wildman–Crippen MR) is 70.4 cm³/mol. The number of hydrogen-bond donors (Lipinski definition) is 0. The van der Waals surface area contributed by atoms with Crippen molar-refractivity contribution in [2.75, 3.05) is 20.3 Å². The molecule has 0 aliphatic carbocycles. The van der Waals surface area contributed by atoms with E-state index in [0.717, 1.165) is 13.0 Å². The minimum atomic E-state index is -0.478. The molecule has 0 saturated carbocycles. The largest absolute Gasteiger partial charge is 0.300 e. The van der Waals surface area contributed by atoms with Crippen molar-refractivity contribution in [2.45, 2.75) is 33.2 Å². The third-order valence-electron chi connectivity index (χ3n) is 2.76. The van der Waals surface area contributed by atoms with Gasteiger partial charge in [-0.2, -0.15) is 0 Å². The van der Waals surface area contributed by atoms with Crippen LogP contribution in [0.5, 0.6) is 0 Å². The van der Waals surface area contributed by atoms with Gasteiger partial charge < -0.3 is 0 Å². The molecule has 0 heterocycles. The number of hydrogen-bond acceptors (Lipinski definition) is 1. The van der Waals surface area contributed by atoms with Gasteiger partial charge in [-0.1, -0.05) is 37.3 Å². The highest BCUT2D eigenvalue weighted by Crippen LogP contribution is 2.09. The molecule has 1 unspecified atom stereocenters. The van der Waals surface area contributed by atoms with E-state index in [2.05, 4.69) is 39.3 Å². The van der Waals surface area contributed by atoms with Gasteiger partial charge in [0.2, 0.25) is 0 Å². The molecule has 92 valence electrons. The number of nitrogens with zero attached hydrogens (tertiary/aromatic N) is 1. The molecule has 1 nitrogen and oxygen atoms in total. The fourth-order valence-corrected chi connectivity index (χ4v) is 1.41. The van der Waals surface area contributed by atoms with Crippen molar-refractivity contribution in [3.8, 4) is 0 Å². The minimum absolute atomic E-state index is 0.420. The van der Waals surface area contributed by atoms with Crippen LogP contribution < -0.4 is 0 Å². The molecule has 0 aliphatic heterocycles. The molecule has 1 atom stereocenters.